The molecule has 0 unspecified atom stereocenters. The summed E-state index contributed by atoms with van der Waals surface area (Å²) in [4.78, 5) is 16.6. The van der Waals surface area contributed by atoms with Crippen molar-refractivity contribution in [3.8, 4) is 5.75 Å². The van der Waals surface area contributed by atoms with Gasteiger partial charge in [-0.15, -0.1) is 0 Å². The molecule has 1 aliphatic heterocycles. The smallest absolute Gasteiger partial charge is 0.243 e. The van der Waals surface area contributed by atoms with Crippen LogP contribution in [0.3, 0.4) is 0 Å². The molecule has 0 spiro atoms. The van der Waals surface area contributed by atoms with E-state index in [9.17, 15) is 13.2 Å². The van der Waals surface area contributed by atoms with Crippen LogP contribution in [-0.2, 0) is 14.8 Å². The number of benzene rings is 1. The molecule has 1 heterocycles. The van der Waals surface area contributed by atoms with E-state index in [1.165, 1.54) is 13.2 Å². The molecule has 1 fully saturated rings. The van der Waals surface area contributed by atoms with Gasteiger partial charge in [0.05, 0.1) is 19.1 Å². The quantitative estimate of drug-likeness (QED) is 0.733. The summed E-state index contributed by atoms with van der Waals surface area (Å²) in [6.07, 6.45) is 1.07. The monoisotopic (exact) mass is 389 g/mol. The summed E-state index contributed by atoms with van der Waals surface area (Å²) in [5.74, 6) is 0.113. The number of rotatable bonds is 6. The normalized spacial score (nSPS) is 15.9. The van der Waals surface area contributed by atoms with Gasteiger partial charge in [0.2, 0.25) is 15.9 Å². The van der Waals surface area contributed by atoms with Crippen LogP contribution in [0.1, 0.15) is 6.92 Å². The maximum atomic E-state index is 12.6. The van der Waals surface area contributed by atoms with Crippen molar-refractivity contribution in [2.45, 2.75) is 6.92 Å². The molecule has 25 heavy (non-hydrogen) atoms. The zero-order valence-corrected chi connectivity index (χ0v) is 16.3. The number of likely N-dealkylation sites (N-methyl/N-ethyl adjacent to an activating group) is 1. The van der Waals surface area contributed by atoms with E-state index in [0.29, 0.717) is 23.9 Å². The lowest BCUT2D eigenvalue weighted by Gasteiger charge is -2.35. The van der Waals surface area contributed by atoms with Gasteiger partial charge in [-0.05, 0) is 24.7 Å². The van der Waals surface area contributed by atoms with Crippen LogP contribution in [0.2, 0.25) is 5.02 Å². The summed E-state index contributed by atoms with van der Waals surface area (Å²) in [6.45, 7) is 5.52. The fourth-order valence-electron chi connectivity index (χ4n) is 2.78. The predicted molar refractivity (Wildman–Crippen MR) is 98.9 cm³/mol. The van der Waals surface area contributed by atoms with Gasteiger partial charge in [0.15, 0.2) is 0 Å². The molecule has 0 bridgehead atoms. The lowest BCUT2D eigenvalue weighted by molar-refractivity contribution is -0.131. The summed E-state index contributed by atoms with van der Waals surface area (Å²) in [5.41, 5.74) is 0.262. The Morgan fingerprint density at radius 2 is 1.92 bits per heavy atom. The highest BCUT2D eigenvalue weighted by Crippen LogP contribution is 2.32. The average molecular weight is 390 g/mol. The number of nitrogens with zero attached hydrogens (tertiary/aromatic N) is 3. The molecule has 0 aromatic heterocycles. The number of anilines is 1. The molecular weight excluding hydrogens is 366 g/mol. The number of amides is 1. The minimum absolute atomic E-state index is 0.233. The van der Waals surface area contributed by atoms with Crippen molar-refractivity contribution in [1.82, 2.24) is 9.80 Å². The van der Waals surface area contributed by atoms with Gasteiger partial charge < -0.3 is 14.5 Å². The molecule has 0 aliphatic carbocycles. The number of methoxy groups -OCH3 is 1. The molecule has 0 N–H and O–H groups in total. The molecule has 0 saturated carbocycles. The highest BCUT2D eigenvalue weighted by Gasteiger charge is 2.28. The van der Waals surface area contributed by atoms with Gasteiger partial charge in [0.1, 0.15) is 12.3 Å². The molecule has 0 atom stereocenters. The second-order valence-electron chi connectivity index (χ2n) is 5.90. The number of ether oxygens (including phenoxy) is 1. The lowest BCUT2D eigenvalue weighted by Crippen LogP contribution is -2.51. The fourth-order valence-corrected chi connectivity index (χ4v) is 3.79. The van der Waals surface area contributed by atoms with E-state index >= 15 is 0 Å². The van der Waals surface area contributed by atoms with E-state index in [1.807, 2.05) is 0 Å². The molecule has 1 amide bonds. The Kier molecular flexibility index (Phi) is 6.53. The molecular formula is C16H24ClN3O4S. The van der Waals surface area contributed by atoms with Crippen LogP contribution in [0, 0.1) is 0 Å². The van der Waals surface area contributed by atoms with Gasteiger partial charge in [-0.1, -0.05) is 18.5 Å². The molecule has 7 nitrogen and oxygen atoms in total. The van der Waals surface area contributed by atoms with Crippen molar-refractivity contribution in [3.63, 3.8) is 0 Å². The summed E-state index contributed by atoms with van der Waals surface area (Å²) in [7, 11) is -2.24. The standard InChI is InChI=1S/C16H24ClN3O4S/c1-4-18-7-9-19(10-8-18)16(21)12-20(25(3,22)23)14-11-13(17)5-6-15(14)24-2/h5-6,11H,4,7-10,12H2,1-3H3. The van der Waals surface area contributed by atoms with Gasteiger partial charge in [-0.3, -0.25) is 9.10 Å². The number of hydrogen-bond donors (Lipinski definition) is 0. The van der Waals surface area contributed by atoms with Crippen molar-refractivity contribution in [2.75, 3.05) is 56.9 Å². The minimum atomic E-state index is -3.68. The summed E-state index contributed by atoms with van der Waals surface area (Å²) >= 11 is 6.01. The minimum Gasteiger partial charge on any atom is -0.495 e. The third kappa shape index (κ3) is 4.99. The third-order valence-electron chi connectivity index (χ3n) is 4.26. The average Bonchev–Trinajstić information content (AvgIpc) is 2.58. The van der Waals surface area contributed by atoms with Crippen LogP contribution >= 0.6 is 11.6 Å². The number of carbonyl (C=O) groups is 1. The highest BCUT2D eigenvalue weighted by molar-refractivity contribution is 7.92. The molecule has 0 radical (unpaired) electrons. The fraction of sp³-hybridized carbons (Fsp3) is 0.562. The Bertz CT molecular complexity index is 718. The Balaban J connectivity index is 2.23. The molecule has 1 saturated heterocycles. The maximum absolute atomic E-state index is 12.6. The van der Waals surface area contributed by atoms with Crippen molar-refractivity contribution < 1.29 is 17.9 Å². The van der Waals surface area contributed by atoms with Crippen LogP contribution < -0.4 is 9.04 Å². The Hall–Kier alpha value is -1.51. The van der Waals surface area contributed by atoms with Crippen LogP contribution in [-0.4, -0.2) is 76.8 Å². The number of sulfonamides is 1. The summed E-state index contributed by atoms with van der Waals surface area (Å²) in [6, 6.07) is 4.68. The summed E-state index contributed by atoms with van der Waals surface area (Å²) < 4.78 is 30.8. The zero-order valence-electron chi connectivity index (χ0n) is 14.7. The number of piperazine rings is 1. The van der Waals surface area contributed by atoms with Crippen molar-refractivity contribution in [3.05, 3.63) is 23.2 Å². The van der Waals surface area contributed by atoms with Gasteiger partial charge in [0.25, 0.3) is 0 Å². The number of carbonyl (C=O) groups excluding carboxylic acids is 1. The predicted octanol–water partition coefficient (Wildman–Crippen LogP) is 1.28. The number of halogens is 1. The molecule has 1 aromatic carbocycles. The topological polar surface area (TPSA) is 70.2 Å². The van der Waals surface area contributed by atoms with Crippen LogP contribution in [0.15, 0.2) is 18.2 Å². The van der Waals surface area contributed by atoms with Crippen molar-refractivity contribution >= 4 is 33.2 Å². The molecule has 1 aliphatic rings. The van der Waals surface area contributed by atoms with Gasteiger partial charge in [-0.2, -0.15) is 0 Å². The zero-order chi connectivity index (χ0) is 18.6. The highest BCUT2D eigenvalue weighted by atomic mass is 35.5. The van der Waals surface area contributed by atoms with Crippen LogP contribution in [0.25, 0.3) is 0 Å². The van der Waals surface area contributed by atoms with Crippen molar-refractivity contribution in [1.29, 1.82) is 0 Å². The van der Waals surface area contributed by atoms with E-state index in [2.05, 4.69) is 11.8 Å². The first kappa shape index (κ1) is 19.8. The van der Waals surface area contributed by atoms with E-state index < -0.39 is 10.0 Å². The molecule has 140 valence electrons. The maximum Gasteiger partial charge on any atom is 0.243 e. The second kappa shape index (κ2) is 8.25. The largest absolute Gasteiger partial charge is 0.495 e. The Morgan fingerprint density at radius 3 is 2.44 bits per heavy atom. The molecule has 1 aromatic rings. The SMILES string of the molecule is CCN1CCN(C(=O)CN(c2cc(Cl)ccc2OC)S(C)(=O)=O)CC1. The second-order valence-corrected chi connectivity index (χ2v) is 8.24. The Labute approximate surface area is 154 Å². The van der Waals surface area contributed by atoms with E-state index in [-0.39, 0.29) is 18.1 Å². The molecule has 2 rings (SSSR count). The van der Waals surface area contributed by atoms with E-state index in [1.54, 1.807) is 17.0 Å². The third-order valence-corrected chi connectivity index (χ3v) is 5.62. The van der Waals surface area contributed by atoms with E-state index in [4.69, 9.17) is 16.3 Å². The van der Waals surface area contributed by atoms with Crippen LogP contribution in [0.4, 0.5) is 5.69 Å². The number of hydrogen-bond acceptors (Lipinski definition) is 5. The lowest BCUT2D eigenvalue weighted by atomic mass is 10.2. The Morgan fingerprint density at radius 1 is 1.28 bits per heavy atom. The summed E-state index contributed by atoms with van der Waals surface area (Å²) in [5, 5.41) is 0.369. The van der Waals surface area contributed by atoms with E-state index in [0.717, 1.165) is 30.2 Å². The van der Waals surface area contributed by atoms with Crippen LogP contribution in [0.5, 0.6) is 5.75 Å². The van der Waals surface area contributed by atoms with Crippen molar-refractivity contribution in [2.24, 2.45) is 0 Å². The van der Waals surface area contributed by atoms with Gasteiger partial charge in [0, 0.05) is 31.2 Å². The first-order valence-electron chi connectivity index (χ1n) is 8.07. The van der Waals surface area contributed by atoms with Gasteiger partial charge >= 0.3 is 0 Å². The molecule has 9 heteroatoms. The van der Waals surface area contributed by atoms with Gasteiger partial charge in [-0.25, -0.2) is 8.42 Å². The first-order valence-corrected chi connectivity index (χ1v) is 10.3. The first-order chi connectivity index (χ1) is 11.8.